The molecule has 0 aliphatic rings. The number of rotatable bonds is 5. The van der Waals surface area contributed by atoms with Crippen molar-refractivity contribution in [1.29, 1.82) is 0 Å². The summed E-state index contributed by atoms with van der Waals surface area (Å²) < 4.78 is 23.3. The molecular formula is C15H15FN2O3. The predicted molar refractivity (Wildman–Crippen MR) is 76.3 cm³/mol. The van der Waals surface area contributed by atoms with Crippen LogP contribution < -0.4 is 14.8 Å². The monoisotopic (exact) mass is 290 g/mol. The minimum atomic E-state index is -0.630. The van der Waals surface area contributed by atoms with Gasteiger partial charge in [-0.2, -0.15) is 4.39 Å². The molecule has 0 saturated heterocycles. The number of methoxy groups -OCH3 is 1. The summed E-state index contributed by atoms with van der Waals surface area (Å²) in [7, 11) is 1.54. The smallest absolute Gasteiger partial charge is 0.257 e. The van der Waals surface area contributed by atoms with Gasteiger partial charge in [0, 0.05) is 18.0 Å². The van der Waals surface area contributed by atoms with E-state index in [9.17, 15) is 9.18 Å². The number of carbonyl (C=O) groups is 1. The molecule has 6 heteroatoms. The molecule has 110 valence electrons. The number of anilines is 1. The fourth-order valence-corrected chi connectivity index (χ4v) is 1.74. The standard InChI is InChI=1S/C15H15FN2O3/c1-3-21-13-8-11(5-6-12(13)20-2)18-15(19)10-4-7-14(16)17-9-10/h4-9H,3H2,1-2H3,(H,18,19). The van der Waals surface area contributed by atoms with Crippen molar-refractivity contribution in [3.8, 4) is 11.5 Å². The number of hydrogen-bond acceptors (Lipinski definition) is 4. The van der Waals surface area contributed by atoms with Crippen LogP contribution in [0.2, 0.25) is 0 Å². The summed E-state index contributed by atoms with van der Waals surface area (Å²) in [6.45, 7) is 2.34. The summed E-state index contributed by atoms with van der Waals surface area (Å²) >= 11 is 0. The van der Waals surface area contributed by atoms with Crippen LogP contribution in [0.1, 0.15) is 17.3 Å². The molecule has 1 aromatic heterocycles. The van der Waals surface area contributed by atoms with Gasteiger partial charge in [-0.05, 0) is 31.2 Å². The first-order valence-electron chi connectivity index (χ1n) is 6.37. The SMILES string of the molecule is CCOc1cc(NC(=O)c2ccc(F)nc2)ccc1OC. The van der Waals surface area contributed by atoms with Crippen LogP contribution in [0.25, 0.3) is 0 Å². The van der Waals surface area contributed by atoms with Crippen molar-refractivity contribution < 1.29 is 18.7 Å². The third kappa shape index (κ3) is 3.68. The molecule has 0 spiro atoms. The highest BCUT2D eigenvalue weighted by atomic mass is 19.1. The Balaban J connectivity index is 2.17. The predicted octanol–water partition coefficient (Wildman–Crippen LogP) is 2.88. The third-order valence-electron chi connectivity index (χ3n) is 2.71. The number of carbonyl (C=O) groups excluding carboxylic acids is 1. The van der Waals surface area contributed by atoms with E-state index in [1.54, 1.807) is 25.3 Å². The summed E-state index contributed by atoms with van der Waals surface area (Å²) in [5.74, 6) is 0.109. The molecule has 2 rings (SSSR count). The Morgan fingerprint density at radius 2 is 2.10 bits per heavy atom. The van der Waals surface area contributed by atoms with Crippen LogP contribution in [0, 0.1) is 5.95 Å². The van der Waals surface area contributed by atoms with Gasteiger partial charge in [0.05, 0.1) is 19.3 Å². The average molecular weight is 290 g/mol. The molecule has 0 saturated carbocycles. The number of aromatic nitrogens is 1. The average Bonchev–Trinajstić information content (AvgIpc) is 2.48. The normalized spacial score (nSPS) is 10.0. The van der Waals surface area contributed by atoms with Gasteiger partial charge in [-0.15, -0.1) is 0 Å². The van der Waals surface area contributed by atoms with E-state index in [2.05, 4.69) is 10.3 Å². The molecule has 0 fully saturated rings. The lowest BCUT2D eigenvalue weighted by Gasteiger charge is -2.11. The quantitative estimate of drug-likeness (QED) is 0.860. The summed E-state index contributed by atoms with van der Waals surface area (Å²) in [6, 6.07) is 7.55. The number of pyridine rings is 1. The van der Waals surface area contributed by atoms with Gasteiger partial charge in [-0.1, -0.05) is 0 Å². The van der Waals surface area contributed by atoms with E-state index in [-0.39, 0.29) is 11.5 Å². The Kier molecular flexibility index (Phi) is 4.71. The van der Waals surface area contributed by atoms with Crippen molar-refractivity contribution >= 4 is 11.6 Å². The Bertz CT molecular complexity index is 629. The second-order valence-electron chi connectivity index (χ2n) is 4.12. The van der Waals surface area contributed by atoms with Crippen LogP contribution in [0.5, 0.6) is 11.5 Å². The second-order valence-corrected chi connectivity index (χ2v) is 4.12. The first-order valence-corrected chi connectivity index (χ1v) is 6.37. The second kappa shape index (κ2) is 6.69. The highest BCUT2D eigenvalue weighted by molar-refractivity contribution is 6.04. The van der Waals surface area contributed by atoms with Crippen LogP contribution in [-0.2, 0) is 0 Å². The molecule has 1 amide bonds. The van der Waals surface area contributed by atoms with Gasteiger partial charge >= 0.3 is 0 Å². The zero-order valence-electron chi connectivity index (χ0n) is 11.7. The number of hydrogen-bond donors (Lipinski definition) is 1. The van der Waals surface area contributed by atoms with Crippen molar-refractivity contribution in [3.63, 3.8) is 0 Å². The van der Waals surface area contributed by atoms with Crippen molar-refractivity contribution in [3.05, 3.63) is 48.0 Å². The third-order valence-corrected chi connectivity index (χ3v) is 2.71. The van der Waals surface area contributed by atoms with Gasteiger partial charge in [0.15, 0.2) is 11.5 Å². The van der Waals surface area contributed by atoms with Gasteiger partial charge in [0.1, 0.15) is 0 Å². The zero-order valence-corrected chi connectivity index (χ0v) is 11.7. The summed E-state index contributed by atoms with van der Waals surface area (Å²) in [4.78, 5) is 15.4. The lowest BCUT2D eigenvalue weighted by Crippen LogP contribution is -2.12. The van der Waals surface area contributed by atoms with E-state index in [1.165, 1.54) is 12.3 Å². The minimum Gasteiger partial charge on any atom is -0.493 e. The maximum atomic E-state index is 12.7. The van der Waals surface area contributed by atoms with Gasteiger partial charge in [-0.25, -0.2) is 4.98 Å². The molecule has 0 aliphatic carbocycles. The van der Waals surface area contributed by atoms with E-state index in [0.29, 0.717) is 23.8 Å². The largest absolute Gasteiger partial charge is 0.493 e. The first kappa shape index (κ1) is 14.8. The summed E-state index contributed by atoms with van der Waals surface area (Å²) in [6.07, 6.45) is 1.18. The van der Waals surface area contributed by atoms with Crippen molar-refractivity contribution in [2.24, 2.45) is 0 Å². The zero-order chi connectivity index (χ0) is 15.2. The maximum absolute atomic E-state index is 12.7. The summed E-state index contributed by atoms with van der Waals surface area (Å²) in [5.41, 5.74) is 0.818. The van der Waals surface area contributed by atoms with Gasteiger partial charge in [0.25, 0.3) is 5.91 Å². The first-order chi connectivity index (χ1) is 10.1. The molecule has 5 nitrogen and oxygen atoms in total. The molecular weight excluding hydrogens is 275 g/mol. The lowest BCUT2D eigenvalue weighted by atomic mass is 10.2. The Labute approximate surface area is 121 Å². The molecule has 1 heterocycles. The van der Waals surface area contributed by atoms with Crippen LogP contribution in [0.4, 0.5) is 10.1 Å². The Morgan fingerprint density at radius 1 is 1.29 bits per heavy atom. The number of nitrogens with zero attached hydrogens (tertiary/aromatic N) is 1. The fraction of sp³-hybridized carbons (Fsp3) is 0.200. The van der Waals surface area contributed by atoms with Crippen LogP contribution >= 0.6 is 0 Å². The minimum absolute atomic E-state index is 0.269. The molecule has 1 aromatic carbocycles. The number of halogens is 1. The van der Waals surface area contributed by atoms with Crippen LogP contribution in [0.3, 0.4) is 0 Å². The maximum Gasteiger partial charge on any atom is 0.257 e. The molecule has 0 aliphatic heterocycles. The summed E-state index contributed by atoms with van der Waals surface area (Å²) in [5, 5.41) is 2.69. The van der Waals surface area contributed by atoms with Crippen LogP contribution in [-0.4, -0.2) is 24.6 Å². The van der Waals surface area contributed by atoms with E-state index in [0.717, 1.165) is 6.07 Å². The molecule has 0 bridgehead atoms. The Hall–Kier alpha value is -2.63. The molecule has 0 radical (unpaired) electrons. The lowest BCUT2D eigenvalue weighted by molar-refractivity contribution is 0.102. The number of benzene rings is 1. The van der Waals surface area contributed by atoms with Gasteiger partial charge in [-0.3, -0.25) is 4.79 Å². The highest BCUT2D eigenvalue weighted by Crippen LogP contribution is 2.30. The molecule has 2 aromatic rings. The highest BCUT2D eigenvalue weighted by Gasteiger charge is 2.10. The van der Waals surface area contributed by atoms with E-state index >= 15 is 0 Å². The Morgan fingerprint density at radius 3 is 2.71 bits per heavy atom. The van der Waals surface area contributed by atoms with E-state index in [4.69, 9.17) is 9.47 Å². The number of amides is 1. The molecule has 0 atom stereocenters. The van der Waals surface area contributed by atoms with E-state index in [1.807, 2.05) is 6.92 Å². The number of ether oxygens (including phenoxy) is 2. The molecule has 0 unspecified atom stereocenters. The number of nitrogens with one attached hydrogen (secondary N) is 1. The van der Waals surface area contributed by atoms with Gasteiger partial charge < -0.3 is 14.8 Å². The molecule has 21 heavy (non-hydrogen) atoms. The van der Waals surface area contributed by atoms with Crippen LogP contribution in [0.15, 0.2) is 36.5 Å². The van der Waals surface area contributed by atoms with Gasteiger partial charge in [0.2, 0.25) is 5.95 Å². The van der Waals surface area contributed by atoms with Crippen molar-refractivity contribution in [1.82, 2.24) is 4.98 Å². The van der Waals surface area contributed by atoms with E-state index < -0.39 is 5.95 Å². The topological polar surface area (TPSA) is 60.5 Å². The van der Waals surface area contributed by atoms with Crippen molar-refractivity contribution in [2.75, 3.05) is 19.0 Å². The fourth-order valence-electron chi connectivity index (χ4n) is 1.74. The van der Waals surface area contributed by atoms with Crippen molar-refractivity contribution in [2.45, 2.75) is 6.92 Å². The molecule has 1 N–H and O–H groups in total.